The quantitative estimate of drug-likeness (QED) is 0.168. The van der Waals surface area contributed by atoms with E-state index in [0.29, 0.717) is 5.82 Å². The molecule has 12 rings (SSSR count). The van der Waals surface area contributed by atoms with Gasteiger partial charge in [0.05, 0.1) is 16.8 Å². The maximum Gasteiger partial charge on any atom is 0.161 e. The SMILES string of the molecule is c1ccc(-c2cc(-c3ccc4ccccc4c3)nc(-c3ccc(-c4ccc5c(c4)-c4c(ccc6ccccc46)C5(c4ccccc4)c4ccccc4)c4ccccc34)n2)cc1. The van der Waals surface area contributed by atoms with Crippen molar-refractivity contribution in [2.24, 2.45) is 0 Å². The van der Waals surface area contributed by atoms with Gasteiger partial charge in [0.25, 0.3) is 0 Å². The van der Waals surface area contributed by atoms with E-state index in [4.69, 9.17) is 9.97 Å². The molecular weight excluding hydrogens is 737 g/mol. The van der Waals surface area contributed by atoms with Crippen LogP contribution in [0.15, 0.2) is 231 Å². The van der Waals surface area contributed by atoms with Gasteiger partial charge in [0.1, 0.15) is 0 Å². The second-order valence-electron chi connectivity index (χ2n) is 16.0. The van der Waals surface area contributed by atoms with E-state index in [1.807, 2.05) is 6.07 Å². The van der Waals surface area contributed by atoms with Crippen molar-refractivity contribution in [2.45, 2.75) is 5.41 Å². The monoisotopic (exact) mass is 774 g/mol. The van der Waals surface area contributed by atoms with Gasteiger partial charge >= 0.3 is 0 Å². The first kappa shape index (κ1) is 35.0. The van der Waals surface area contributed by atoms with E-state index in [1.54, 1.807) is 0 Å². The Morgan fingerprint density at radius 3 is 1.54 bits per heavy atom. The third-order valence-corrected chi connectivity index (χ3v) is 12.8. The number of hydrogen-bond donors (Lipinski definition) is 0. The number of nitrogens with zero attached hydrogens (tertiary/aromatic N) is 2. The fourth-order valence-corrected chi connectivity index (χ4v) is 10.00. The molecule has 0 fully saturated rings. The summed E-state index contributed by atoms with van der Waals surface area (Å²) in [5, 5.41) is 7.18. The van der Waals surface area contributed by atoms with Crippen LogP contribution in [0.3, 0.4) is 0 Å². The van der Waals surface area contributed by atoms with Crippen LogP contribution >= 0.6 is 0 Å². The molecule has 0 aliphatic heterocycles. The first-order chi connectivity index (χ1) is 30.2. The maximum absolute atomic E-state index is 5.32. The molecule has 0 atom stereocenters. The fraction of sp³-hybridized carbons (Fsp3) is 0.0169. The standard InChI is InChI=1S/C59H38N2/c1-4-18-41(19-5-1)55-38-56(44-29-28-39-16-10-11-20-42(39)36-44)61-58(60-55)51-33-32-47(49-26-14-15-27-50(49)51)43-31-34-53-52(37-43)57-48-25-13-12-17-40(48)30-35-54(57)59(53,45-21-6-2-7-22-45)46-23-8-3-9-24-46/h1-38H. The third kappa shape index (κ3) is 5.57. The highest BCUT2D eigenvalue weighted by atomic mass is 14.9. The lowest BCUT2D eigenvalue weighted by Gasteiger charge is -2.34. The van der Waals surface area contributed by atoms with E-state index >= 15 is 0 Å². The molecule has 1 aromatic heterocycles. The molecule has 284 valence electrons. The molecule has 0 bridgehead atoms. The van der Waals surface area contributed by atoms with Gasteiger partial charge in [-0.2, -0.15) is 0 Å². The molecule has 0 radical (unpaired) electrons. The Morgan fingerprint density at radius 1 is 0.295 bits per heavy atom. The van der Waals surface area contributed by atoms with Crippen LogP contribution in [0.25, 0.3) is 88.5 Å². The Kier molecular flexibility index (Phi) is 8.11. The van der Waals surface area contributed by atoms with Crippen LogP contribution < -0.4 is 0 Å². The molecule has 0 spiro atoms. The minimum absolute atomic E-state index is 0.481. The highest BCUT2D eigenvalue weighted by Crippen LogP contribution is 2.58. The highest BCUT2D eigenvalue weighted by Gasteiger charge is 2.46. The molecule has 1 heterocycles. The largest absolute Gasteiger partial charge is 0.228 e. The predicted octanol–water partition coefficient (Wildman–Crippen LogP) is 15.0. The van der Waals surface area contributed by atoms with Crippen LogP contribution in [-0.2, 0) is 5.41 Å². The molecule has 0 saturated carbocycles. The van der Waals surface area contributed by atoms with E-state index < -0.39 is 5.41 Å². The van der Waals surface area contributed by atoms with Gasteiger partial charge in [-0.3, -0.25) is 0 Å². The molecule has 0 unspecified atom stereocenters. The Hall–Kier alpha value is -7.94. The lowest BCUT2D eigenvalue weighted by molar-refractivity contribution is 0.769. The molecule has 0 N–H and O–H groups in total. The van der Waals surface area contributed by atoms with Gasteiger partial charge in [0, 0.05) is 16.7 Å². The number of rotatable bonds is 6. The summed E-state index contributed by atoms with van der Waals surface area (Å²) in [4.78, 5) is 10.6. The number of hydrogen-bond acceptors (Lipinski definition) is 2. The van der Waals surface area contributed by atoms with Gasteiger partial charge < -0.3 is 0 Å². The van der Waals surface area contributed by atoms with Crippen LogP contribution in [0.2, 0.25) is 0 Å². The number of fused-ring (bicyclic) bond motifs is 7. The molecule has 2 heteroatoms. The minimum atomic E-state index is -0.481. The highest BCUT2D eigenvalue weighted by molar-refractivity contribution is 6.08. The first-order valence-corrected chi connectivity index (χ1v) is 21.0. The molecule has 1 aliphatic rings. The van der Waals surface area contributed by atoms with Crippen LogP contribution in [-0.4, -0.2) is 9.97 Å². The molecule has 61 heavy (non-hydrogen) atoms. The van der Waals surface area contributed by atoms with E-state index in [1.165, 1.54) is 66.1 Å². The molecule has 10 aromatic carbocycles. The summed E-state index contributed by atoms with van der Waals surface area (Å²) in [6, 6.07) is 83.6. The number of benzene rings is 10. The van der Waals surface area contributed by atoms with Crippen molar-refractivity contribution in [1.29, 1.82) is 0 Å². The van der Waals surface area contributed by atoms with Crippen molar-refractivity contribution >= 4 is 32.3 Å². The molecule has 0 amide bonds. The van der Waals surface area contributed by atoms with Crippen molar-refractivity contribution in [2.75, 3.05) is 0 Å². The zero-order chi connectivity index (χ0) is 40.3. The Labute approximate surface area is 355 Å². The summed E-state index contributed by atoms with van der Waals surface area (Å²) in [5.74, 6) is 0.706. The smallest absolute Gasteiger partial charge is 0.161 e. The van der Waals surface area contributed by atoms with Gasteiger partial charge in [0.2, 0.25) is 0 Å². The first-order valence-electron chi connectivity index (χ1n) is 21.0. The summed E-state index contributed by atoms with van der Waals surface area (Å²) >= 11 is 0. The van der Waals surface area contributed by atoms with E-state index in [-0.39, 0.29) is 0 Å². The van der Waals surface area contributed by atoms with Crippen molar-refractivity contribution in [3.8, 4) is 56.2 Å². The maximum atomic E-state index is 5.32. The van der Waals surface area contributed by atoms with Crippen LogP contribution in [0.1, 0.15) is 22.3 Å². The summed E-state index contributed by atoms with van der Waals surface area (Å²) in [5.41, 5.74) is 14.5. The molecular formula is C59H38N2. The second kappa shape index (κ2) is 14.1. The van der Waals surface area contributed by atoms with Gasteiger partial charge in [-0.1, -0.05) is 206 Å². The van der Waals surface area contributed by atoms with Crippen LogP contribution in [0, 0.1) is 0 Å². The molecule has 11 aromatic rings. The van der Waals surface area contributed by atoms with Crippen molar-refractivity contribution < 1.29 is 0 Å². The van der Waals surface area contributed by atoms with Gasteiger partial charge in [0.15, 0.2) is 5.82 Å². The third-order valence-electron chi connectivity index (χ3n) is 12.8. The van der Waals surface area contributed by atoms with Crippen LogP contribution in [0.4, 0.5) is 0 Å². The van der Waals surface area contributed by atoms with E-state index in [2.05, 4.69) is 224 Å². The van der Waals surface area contributed by atoms with Crippen LogP contribution in [0.5, 0.6) is 0 Å². The zero-order valence-electron chi connectivity index (χ0n) is 33.3. The normalized spacial score (nSPS) is 12.7. The van der Waals surface area contributed by atoms with E-state index in [0.717, 1.165) is 38.9 Å². The van der Waals surface area contributed by atoms with Crippen molar-refractivity contribution in [1.82, 2.24) is 9.97 Å². The van der Waals surface area contributed by atoms with Crippen molar-refractivity contribution in [3.63, 3.8) is 0 Å². The lowest BCUT2D eigenvalue weighted by Crippen LogP contribution is -2.28. The van der Waals surface area contributed by atoms with Gasteiger partial charge in [-0.05, 0) is 101 Å². The number of aromatic nitrogens is 2. The summed E-state index contributed by atoms with van der Waals surface area (Å²) in [6.45, 7) is 0. The molecule has 0 saturated heterocycles. The zero-order valence-corrected chi connectivity index (χ0v) is 33.3. The molecule has 2 nitrogen and oxygen atoms in total. The summed E-state index contributed by atoms with van der Waals surface area (Å²) < 4.78 is 0. The summed E-state index contributed by atoms with van der Waals surface area (Å²) in [7, 11) is 0. The lowest BCUT2D eigenvalue weighted by atomic mass is 9.67. The minimum Gasteiger partial charge on any atom is -0.228 e. The average molecular weight is 775 g/mol. The summed E-state index contributed by atoms with van der Waals surface area (Å²) in [6.07, 6.45) is 0. The predicted molar refractivity (Wildman–Crippen MR) is 254 cm³/mol. The van der Waals surface area contributed by atoms with E-state index in [9.17, 15) is 0 Å². The topological polar surface area (TPSA) is 25.8 Å². The Bertz CT molecular complexity index is 3420. The molecule has 1 aliphatic carbocycles. The van der Waals surface area contributed by atoms with Gasteiger partial charge in [-0.15, -0.1) is 0 Å². The Balaban J connectivity index is 1.07. The second-order valence-corrected chi connectivity index (χ2v) is 16.0. The fourth-order valence-electron chi connectivity index (χ4n) is 10.00. The average Bonchev–Trinajstić information content (AvgIpc) is 3.65. The Morgan fingerprint density at radius 2 is 0.820 bits per heavy atom. The van der Waals surface area contributed by atoms with Crippen molar-refractivity contribution in [3.05, 3.63) is 253 Å². The van der Waals surface area contributed by atoms with Gasteiger partial charge in [-0.25, -0.2) is 9.97 Å².